The third-order valence-corrected chi connectivity index (χ3v) is 8.84. The molecule has 1 saturated heterocycles. The number of hydrogen-bond donors (Lipinski definition) is 3. The van der Waals surface area contributed by atoms with Gasteiger partial charge in [0.2, 0.25) is 15.9 Å². The lowest BCUT2D eigenvalue weighted by molar-refractivity contribution is -0.119. The second kappa shape index (κ2) is 11.5. The highest BCUT2D eigenvalue weighted by molar-refractivity contribution is 7.89. The SMILES string of the molecule is CCC(C)[C@H](Nc1nc(CN2CCN(S(=O)(=O)c3cc(O)ccc3OC)CC2)nc2ccccc12)C(N)=O. The number of sulfonamides is 1. The van der Waals surface area contributed by atoms with Crippen molar-refractivity contribution >= 4 is 32.7 Å². The molecule has 1 aliphatic rings. The number of phenols is 1. The number of methoxy groups -OCH3 is 1. The molecule has 1 aliphatic heterocycles. The zero-order chi connectivity index (χ0) is 27.4. The summed E-state index contributed by atoms with van der Waals surface area (Å²) in [6.07, 6.45) is 0.776. The van der Waals surface area contributed by atoms with Gasteiger partial charge in [0.05, 0.1) is 19.2 Å². The number of amides is 1. The van der Waals surface area contributed by atoms with Crippen molar-refractivity contribution in [1.29, 1.82) is 0 Å². The van der Waals surface area contributed by atoms with Crippen LogP contribution >= 0.6 is 0 Å². The monoisotopic (exact) mass is 542 g/mol. The number of nitrogens with two attached hydrogens (primary N) is 1. The minimum atomic E-state index is -3.85. The van der Waals surface area contributed by atoms with Gasteiger partial charge in [0.25, 0.3) is 0 Å². The lowest BCUT2D eigenvalue weighted by atomic mass is 9.98. The van der Waals surface area contributed by atoms with Gasteiger partial charge < -0.3 is 20.9 Å². The van der Waals surface area contributed by atoms with E-state index in [9.17, 15) is 18.3 Å². The van der Waals surface area contributed by atoms with Crippen LogP contribution in [0.15, 0.2) is 47.4 Å². The quantitative estimate of drug-likeness (QED) is 0.350. The number of hydrogen-bond acceptors (Lipinski definition) is 9. The summed E-state index contributed by atoms with van der Waals surface area (Å²) in [4.78, 5) is 23.6. The van der Waals surface area contributed by atoms with Gasteiger partial charge in [0.15, 0.2) is 0 Å². The van der Waals surface area contributed by atoms with Crippen molar-refractivity contribution in [3.8, 4) is 11.5 Å². The van der Waals surface area contributed by atoms with E-state index < -0.39 is 22.0 Å². The molecule has 38 heavy (non-hydrogen) atoms. The summed E-state index contributed by atoms with van der Waals surface area (Å²) in [5, 5.41) is 13.9. The number of nitrogens with one attached hydrogen (secondary N) is 1. The van der Waals surface area contributed by atoms with Crippen molar-refractivity contribution in [2.45, 2.75) is 37.8 Å². The number of benzene rings is 2. The van der Waals surface area contributed by atoms with E-state index in [1.807, 2.05) is 38.1 Å². The van der Waals surface area contributed by atoms with Gasteiger partial charge >= 0.3 is 0 Å². The van der Waals surface area contributed by atoms with Crippen LogP contribution in [0.5, 0.6) is 11.5 Å². The molecule has 0 bridgehead atoms. The number of aromatic hydroxyl groups is 1. The van der Waals surface area contributed by atoms with Crippen LogP contribution in [0, 0.1) is 5.92 Å². The third kappa shape index (κ3) is 5.82. The van der Waals surface area contributed by atoms with Gasteiger partial charge in [-0.1, -0.05) is 32.4 Å². The molecule has 4 N–H and O–H groups in total. The largest absolute Gasteiger partial charge is 0.508 e. The van der Waals surface area contributed by atoms with E-state index >= 15 is 0 Å². The van der Waals surface area contributed by atoms with Crippen molar-refractivity contribution < 1.29 is 23.1 Å². The minimum Gasteiger partial charge on any atom is -0.508 e. The molecule has 0 radical (unpaired) electrons. The molecule has 2 atom stereocenters. The Morgan fingerprint density at radius 1 is 1.16 bits per heavy atom. The van der Waals surface area contributed by atoms with Gasteiger partial charge in [-0.15, -0.1) is 0 Å². The first-order valence-corrected chi connectivity index (χ1v) is 14.0. The zero-order valence-corrected chi connectivity index (χ0v) is 22.6. The molecule has 2 heterocycles. The van der Waals surface area contributed by atoms with Crippen LogP contribution in [0.25, 0.3) is 10.9 Å². The van der Waals surface area contributed by atoms with Gasteiger partial charge in [0, 0.05) is 37.6 Å². The number of carbonyl (C=O) groups excluding carboxylic acids is 1. The lowest BCUT2D eigenvalue weighted by Crippen LogP contribution is -2.48. The van der Waals surface area contributed by atoms with Crippen molar-refractivity contribution in [2.75, 3.05) is 38.6 Å². The Kier molecular flexibility index (Phi) is 8.34. The van der Waals surface area contributed by atoms with Crippen molar-refractivity contribution in [2.24, 2.45) is 11.7 Å². The Labute approximate surface area is 222 Å². The second-order valence-electron chi connectivity index (χ2n) is 9.43. The topological polar surface area (TPSA) is 151 Å². The van der Waals surface area contributed by atoms with Crippen LogP contribution < -0.4 is 15.8 Å². The maximum atomic E-state index is 13.3. The first-order chi connectivity index (χ1) is 18.1. The maximum absolute atomic E-state index is 13.3. The molecule has 204 valence electrons. The number of ether oxygens (including phenoxy) is 1. The van der Waals surface area contributed by atoms with Crippen LogP contribution in [0.1, 0.15) is 26.1 Å². The molecule has 0 saturated carbocycles. The second-order valence-corrected chi connectivity index (χ2v) is 11.3. The molecule has 4 rings (SSSR count). The predicted molar refractivity (Wildman–Crippen MR) is 144 cm³/mol. The number of phenolic OH excluding ortho intramolecular Hbond substituents is 1. The molecule has 3 aromatic rings. The van der Waals surface area contributed by atoms with Crippen molar-refractivity contribution in [3.05, 3.63) is 48.3 Å². The molecule has 11 nitrogen and oxygen atoms in total. The molecular formula is C26H34N6O5S. The summed E-state index contributed by atoms with van der Waals surface area (Å²) in [5.74, 6) is 0.722. The fourth-order valence-corrected chi connectivity index (χ4v) is 6.11. The number of fused-ring (bicyclic) bond motifs is 1. The number of nitrogens with zero attached hydrogens (tertiary/aromatic N) is 4. The normalized spacial score (nSPS) is 16.7. The number of anilines is 1. The Balaban J connectivity index is 1.52. The van der Waals surface area contributed by atoms with Gasteiger partial charge in [0.1, 0.15) is 34.1 Å². The fourth-order valence-electron chi connectivity index (χ4n) is 4.52. The number of rotatable bonds is 10. The summed E-state index contributed by atoms with van der Waals surface area (Å²) < 4.78 is 33.1. The van der Waals surface area contributed by atoms with Gasteiger partial charge in [-0.25, -0.2) is 18.4 Å². The minimum absolute atomic E-state index is 0.0184. The molecule has 1 amide bonds. The Morgan fingerprint density at radius 3 is 2.53 bits per heavy atom. The van der Waals surface area contributed by atoms with Gasteiger partial charge in [-0.2, -0.15) is 4.31 Å². The van der Waals surface area contributed by atoms with Crippen LogP contribution in [0.3, 0.4) is 0 Å². The molecule has 0 aliphatic carbocycles. The fraction of sp³-hybridized carbons (Fsp3) is 0.423. The average molecular weight is 543 g/mol. The summed E-state index contributed by atoms with van der Waals surface area (Å²) in [5.41, 5.74) is 6.42. The summed E-state index contributed by atoms with van der Waals surface area (Å²) in [6.45, 7) is 5.84. The number of primary amides is 1. The third-order valence-electron chi connectivity index (χ3n) is 6.92. The molecular weight excluding hydrogens is 508 g/mol. The van der Waals surface area contributed by atoms with E-state index in [1.54, 1.807) is 0 Å². The van der Waals surface area contributed by atoms with Crippen molar-refractivity contribution in [1.82, 2.24) is 19.2 Å². The Morgan fingerprint density at radius 2 is 1.87 bits per heavy atom. The average Bonchev–Trinajstić information content (AvgIpc) is 2.91. The van der Waals surface area contributed by atoms with E-state index in [0.717, 1.165) is 17.3 Å². The highest BCUT2D eigenvalue weighted by atomic mass is 32.2. The molecule has 1 aromatic heterocycles. The predicted octanol–water partition coefficient (Wildman–Crippen LogP) is 2.16. The summed E-state index contributed by atoms with van der Waals surface area (Å²) in [7, 11) is -2.46. The first-order valence-electron chi connectivity index (χ1n) is 12.5. The summed E-state index contributed by atoms with van der Waals surface area (Å²) >= 11 is 0. The standard InChI is InChI=1S/C26H34N6O5S/c1-4-17(2)24(25(27)34)30-26-19-7-5-6-8-20(19)28-23(29-26)16-31-11-13-32(14-12-31)38(35,36)22-15-18(33)9-10-21(22)37-3/h5-10,15,17,24,33H,4,11-14,16H2,1-3H3,(H2,27,34)(H,28,29,30)/t17?,24-/m0/s1. The zero-order valence-electron chi connectivity index (χ0n) is 21.8. The van der Waals surface area contributed by atoms with Crippen molar-refractivity contribution in [3.63, 3.8) is 0 Å². The van der Waals surface area contributed by atoms with Gasteiger partial charge in [-0.3, -0.25) is 9.69 Å². The smallest absolute Gasteiger partial charge is 0.246 e. The summed E-state index contributed by atoms with van der Waals surface area (Å²) in [6, 6.07) is 11.0. The molecule has 1 fully saturated rings. The van der Waals surface area contributed by atoms with E-state index in [4.69, 9.17) is 20.4 Å². The molecule has 2 aromatic carbocycles. The van der Waals surface area contributed by atoms with Crippen LogP contribution in [0.2, 0.25) is 0 Å². The maximum Gasteiger partial charge on any atom is 0.246 e. The highest BCUT2D eigenvalue weighted by Gasteiger charge is 2.31. The van der Waals surface area contributed by atoms with E-state index in [1.165, 1.54) is 29.6 Å². The van der Waals surface area contributed by atoms with E-state index in [-0.39, 0.29) is 35.4 Å². The van der Waals surface area contributed by atoms with E-state index in [0.29, 0.717) is 31.3 Å². The van der Waals surface area contributed by atoms with Crippen LogP contribution in [0.4, 0.5) is 5.82 Å². The van der Waals surface area contributed by atoms with E-state index in [2.05, 4.69) is 10.2 Å². The first kappa shape index (κ1) is 27.6. The van der Waals surface area contributed by atoms with Crippen LogP contribution in [-0.4, -0.2) is 77.9 Å². The lowest BCUT2D eigenvalue weighted by Gasteiger charge is -2.33. The van der Waals surface area contributed by atoms with Gasteiger partial charge in [-0.05, 0) is 30.2 Å². The molecule has 1 unspecified atom stereocenters. The Bertz CT molecular complexity index is 1410. The highest BCUT2D eigenvalue weighted by Crippen LogP contribution is 2.31. The van der Waals surface area contributed by atoms with Crippen LogP contribution in [-0.2, 0) is 21.4 Å². The Hall–Kier alpha value is -3.48. The number of piperazine rings is 1. The molecule has 12 heteroatoms. The molecule has 0 spiro atoms. The number of carbonyl (C=O) groups is 1. The number of aromatic nitrogens is 2. The number of para-hydroxylation sites is 1.